The fourth-order valence-corrected chi connectivity index (χ4v) is 2.80. The first-order valence-corrected chi connectivity index (χ1v) is 7.25. The molecule has 1 aliphatic heterocycles. The first kappa shape index (κ1) is 15.0. The molecule has 1 aliphatic rings. The molecule has 1 N–H and O–H groups in total. The summed E-state index contributed by atoms with van der Waals surface area (Å²) in [6, 6.07) is 10.4. The summed E-state index contributed by atoms with van der Waals surface area (Å²) in [6.45, 7) is 4.01. The number of nitrogens with zero attached hydrogens (tertiary/aromatic N) is 3. The molecule has 1 aromatic carbocycles. The third-order valence-corrected chi connectivity index (χ3v) is 4.06. The Kier molecular flexibility index (Phi) is 5.54. The number of nitriles is 1. The van der Waals surface area contributed by atoms with E-state index in [0.717, 1.165) is 32.5 Å². The molecule has 0 spiro atoms. The minimum atomic E-state index is 0.197. The van der Waals surface area contributed by atoms with Crippen molar-refractivity contribution in [1.82, 2.24) is 9.80 Å². The Morgan fingerprint density at radius 1 is 1.30 bits per heavy atom. The van der Waals surface area contributed by atoms with Gasteiger partial charge in [-0.05, 0) is 50.7 Å². The highest BCUT2D eigenvalue weighted by molar-refractivity contribution is 5.31. The summed E-state index contributed by atoms with van der Waals surface area (Å²) in [5.74, 6) is 0. The van der Waals surface area contributed by atoms with Gasteiger partial charge in [-0.3, -0.25) is 4.90 Å². The standard InChI is InChI=1S/C16H23N3O/c1-18-8-6-16(7-9-18)19(10-11-20)13-15-4-2-14(12-17)3-5-15/h2-5,16,20H,6-11,13H2,1H3. The molecule has 20 heavy (non-hydrogen) atoms. The summed E-state index contributed by atoms with van der Waals surface area (Å²) in [5, 5.41) is 18.1. The van der Waals surface area contributed by atoms with Crippen molar-refractivity contribution < 1.29 is 5.11 Å². The summed E-state index contributed by atoms with van der Waals surface area (Å²) >= 11 is 0. The number of hydrogen-bond donors (Lipinski definition) is 1. The van der Waals surface area contributed by atoms with E-state index >= 15 is 0 Å². The molecule has 4 nitrogen and oxygen atoms in total. The van der Waals surface area contributed by atoms with Crippen molar-refractivity contribution in [2.75, 3.05) is 33.3 Å². The minimum Gasteiger partial charge on any atom is -0.395 e. The fraction of sp³-hybridized carbons (Fsp3) is 0.562. The number of rotatable bonds is 5. The van der Waals surface area contributed by atoms with E-state index in [1.54, 1.807) is 0 Å². The van der Waals surface area contributed by atoms with Gasteiger partial charge in [0.15, 0.2) is 0 Å². The molecule has 1 saturated heterocycles. The maximum Gasteiger partial charge on any atom is 0.0991 e. The first-order valence-electron chi connectivity index (χ1n) is 7.25. The number of benzene rings is 1. The molecule has 0 bridgehead atoms. The summed E-state index contributed by atoms with van der Waals surface area (Å²) in [6.07, 6.45) is 2.32. The van der Waals surface area contributed by atoms with Gasteiger partial charge in [-0.15, -0.1) is 0 Å². The molecule has 0 unspecified atom stereocenters. The second-order valence-corrected chi connectivity index (χ2v) is 5.54. The van der Waals surface area contributed by atoms with Crippen molar-refractivity contribution in [2.45, 2.75) is 25.4 Å². The average Bonchev–Trinajstić information content (AvgIpc) is 2.48. The summed E-state index contributed by atoms with van der Waals surface area (Å²) in [4.78, 5) is 4.73. The van der Waals surface area contributed by atoms with Crippen LogP contribution >= 0.6 is 0 Å². The number of piperidine rings is 1. The SMILES string of the molecule is CN1CCC(N(CCO)Cc2ccc(C#N)cc2)CC1. The molecule has 0 amide bonds. The minimum absolute atomic E-state index is 0.197. The monoisotopic (exact) mass is 273 g/mol. The van der Waals surface area contributed by atoms with Gasteiger partial charge >= 0.3 is 0 Å². The largest absolute Gasteiger partial charge is 0.395 e. The van der Waals surface area contributed by atoms with Gasteiger partial charge in [0, 0.05) is 19.1 Å². The summed E-state index contributed by atoms with van der Waals surface area (Å²) in [7, 11) is 2.16. The number of hydrogen-bond acceptors (Lipinski definition) is 4. The Balaban J connectivity index is 1.99. The van der Waals surface area contributed by atoms with Gasteiger partial charge in [-0.2, -0.15) is 5.26 Å². The molecule has 2 rings (SSSR count). The first-order chi connectivity index (χ1) is 9.72. The van der Waals surface area contributed by atoms with Crippen molar-refractivity contribution in [3.05, 3.63) is 35.4 Å². The van der Waals surface area contributed by atoms with Crippen LogP contribution in [-0.2, 0) is 6.54 Å². The average molecular weight is 273 g/mol. The van der Waals surface area contributed by atoms with Crippen molar-refractivity contribution >= 4 is 0 Å². The van der Waals surface area contributed by atoms with Gasteiger partial charge in [-0.25, -0.2) is 0 Å². The zero-order chi connectivity index (χ0) is 14.4. The zero-order valence-electron chi connectivity index (χ0n) is 12.1. The normalized spacial score (nSPS) is 17.3. The van der Waals surface area contributed by atoms with Crippen LogP contribution in [0.5, 0.6) is 0 Å². The van der Waals surface area contributed by atoms with E-state index in [1.165, 1.54) is 5.56 Å². The Morgan fingerprint density at radius 2 is 1.95 bits per heavy atom. The second kappa shape index (κ2) is 7.39. The summed E-state index contributed by atoms with van der Waals surface area (Å²) < 4.78 is 0. The maximum atomic E-state index is 9.28. The Morgan fingerprint density at radius 3 is 2.50 bits per heavy atom. The zero-order valence-corrected chi connectivity index (χ0v) is 12.1. The van der Waals surface area contributed by atoms with E-state index in [1.807, 2.05) is 24.3 Å². The Bertz CT molecular complexity index is 444. The molecule has 0 radical (unpaired) electrons. The van der Waals surface area contributed by atoms with E-state index in [0.29, 0.717) is 18.2 Å². The van der Waals surface area contributed by atoms with Crippen LogP contribution in [0.4, 0.5) is 0 Å². The van der Waals surface area contributed by atoms with Crippen LogP contribution < -0.4 is 0 Å². The van der Waals surface area contributed by atoms with Crippen LogP contribution in [-0.4, -0.2) is 54.2 Å². The van der Waals surface area contributed by atoms with Gasteiger partial charge in [0.2, 0.25) is 0 Å². The molecule has 1 heterocycles. The quantitative estimate of drug-likeness (QED) is 0.882. The lowest BCUT2D eigenvalue weighted by Crippen LogP contribution is -2.44. The third kappa shape index (κ3) is 4.04. The second-order valence-electron chi connectivity index (χ2n) is 5.54. The highest BCUT2D eigenvalue weighted by Crippen LogP contribution is 2.18. The van der Waals surface area contributed by atoms with E-state index in [2.05, 4.69) is 22.9 Å². The highest BCUT2D eigenvalue weighted by Gasteiger charge is 2.22. The molecule has 1 fully saturated rings. The highest BCUT2D eigenvalue weighted by atomic mass is 16.3. The predicted octanol–water partition coefficient (Wildman–Crippen LogP) is 1.45. The topological polar surface area (TPSA) is 50.5 Å². The van der Waals surface area contributed by atoms with Gasteiger partial charge in [0.1, 0.15) is 0 Å². The lowest BCUT2D eigenvalue weighted by molar-refractivity contribution is 0.0941. The van der Waals surface area contributed by atoms with E-state index in [9.17, 15) is 5.11 Å². The van der Waals surface area contributed by atoms with Crippen molar-refractivity contribution in [2.24, 2.45) is 0 Å². The van der Waals surface area contributed by atoms with Crippen LogP contribution in [0.1, 0.15) is 24.0 Å². The lowest BCUT2D eigenvalue weighted by atomic mass is 10.0. The van der Waals surface area contributed by atoms with E-state index in [4.69, 9.17) is 5.26 Å². The molecular weight excluding hydrogens is 250 g/mol. The van der Waals surface area contributed by atoms with Gasteiger partial charge < -0.3 is 10.0 Å². The van der Waals surface area contributed by atoms with Gasteiger partial charge in [0.05, 0.1) is 18.2 Å². The third-order valence-electron chi connectivity index (χ3n) is 4.06. The number of likely N-dealkylation sites (tertiary alicyclic amines) is 1. The predicted molar refractivity (Wildman–Crippen MR) is 79.2 cm³/mol. The van der Waals surface area contributed by atoms with Crippen LogP contribution in [0, 0.1) is 11.3 Å². The smallest absolute Gasteiger partial charge is 0.0991 e. The molecule has 0 saturated carbocycles. The van der Waals surface area contributed by atoms with Crippen LogP contribution in [0.25, 0.3) is 0 Å². The molecule has 1 aromatic rings. The van der Waals surface area contributed by atoms with Crippen LogP contribution in [0.3, 0.4) is 0 Å². The maximum absolute atomic E-state index is 9.28. The molecule has 4 heteroatoms. The Labute approximate surface area is 121 Å². The number of aliphatic hydroxyl groups is 1. The molecular formula is C16H23N3O. The van der Waals surface area contributed by atoms with Crippen molar-refractivity contribution in [3.63, 3.8) is 0 Å². The fourth-order valence-electron chi connectivity index (χ4n) is 2.80. The van der Waals surface area contributed by atoms with Crippen LogP contribution in [0.2, 0.25) is 0 Å². The molecule has 0 aromatic heterocycles. The van der Waals surface area contributed by atoms with Crippen LogP contribution in [0.15, 0.2) is 24.3 Å². The molecule has 0 atom stereocenters. The van der Waals surface area contributed by atoms with E-state index in [-0.39, 0.29) is 6.61 Å². The molecule has 108 valence electrons. The summed E-state index contributed by atoms with van der Waals surface area (Å²) in [5.41, 5.74) is 1.90. The van der Waals surface area contributed by atoms with Crippen molar-refractivity contribution in [1.29, 1.82) is 5.26 Å². The Hall–Kier alpha value is -1.41. The van der Waals surface area contributed by atoms with E-state index < -0.39 is 0 Å². The lowest BCUT2D eigenvalue weighted by Gasteiger charge is -2.37. The number of aliphatic hydroxyl groups excluding tert-OH is 1. The molecule has 0 aliphatic carbocycles. The van der Waals surface area contributed by atoms with Crippen molar-refractivity contribution in [3.8, 4) is 6.07 Å². The van der Waals surface area contributed by atoms with Gasteiger partial charge in [-0.1, -0.05) is 12.1 Å². The van der Waals surface area contributed by atoms with Gasteiger partial charge in [0.25, 0.3) is 0 Å².